The van der Waals surface area contributed by atoms with Crippen molar-refractivity contribution < 1.29 is 0 Å². The molecule has 0 aliphatic heterocycles. The first-order chi connectivity index (χ1) is 6.66. The Hall–Kier alpha value is -0.510. The van der Waals surface area contributed by atoms with Gasteiger partial charge in [0.25, 0.3) is 0 Å². The molecule has 1 aliphatic rings. The van der Waals surface area contributed by atoms with Gasteiger partial charge in [0.2, 0.25) is 5.88 Å². The smallest absolute Gasteiger partial charge is 0.201 e. The maximum Gasteiger partial charge on any atom is 0.201 e. The molecule has 0 bridgehead atoms. The Morgan fingerprint density at radius 2 is 2.21 bits per heavy atom. The van der Waals surface area contributed by atoms with Crippen molar-refractivity contribution in [3.05, 3.63) is 11.9 Å². The summed E-state index contributed by atoms with van der Waals surface area (Å²) in [7, 11) is 0.399. The van der Waals surface area contributed by atoms with Crippen molar-refractivity contribution in [3.8, 4) is 0 Å². The molecule has 1 aromatic heterocycles. The highest BCUT2D eigenvalue weighted by Gasteiger charge is 2.44. The first-order valence-corrected chi connectivity index (χ1v) is 7.32. The van der Waals surface area contributed by atoms with Crippen LogP contribution in [0.1, 0.15) is 31.9 Å². The summed E-state index contributed by atoms with van der Waals surface area (Å²) in [6.07, 6.45) is 10.4. The van der Waals surface area contributed by atoms with Crippen LogP contribution in [-0.4, -0.2) is 27.5 Å². The second-order valence-electron chi connectivity index (χ2n) is 4.39. The Kier molecular flexibility index (Phi) is 2.56. The van der Waals surface area contributed by atoms with Crippen molar-refractivity contribution in [1.82, 2.24) is 15.0 Å². The number of nitrogens with zero attached hydrogens (tertiary/aromatic N) is 3. The van der Waals surface area contributed by atoms with Gasteiger partial charge in [-0.25, -0.2) is 4.68 Å². The summed E-state index contributed by atoms with van der Waals surface area (Å²) >= 11 is 0. The van der Waals surface area contributed by atoms with Crippen LogP contribution in [0.5, 0.6) is 0 Å². The monoisotopic (exact) mass is 212 g/mol. The lowest BCUT2D eigenvalue weighted by atomic mass is 10.0. The van der Waals surface area contributed by atoms with Crippen molar-refractivity contribution in [2.24, 2.45) is 0 Å². The highest BCUT2D eigenvalue weighted by molar-refractivity contribution is 7.94. The standard InChI is InChI=1S/C10H18N3S/c1-4-10(5-6-10)9-7-13(12-11-9)8-14(2)3/h7H,4-6,8H2,1-3H3/q+1. The molecule has 3 nitrogen and oxygen atoms in total. The van der Waals surface area contributed by atoms with Gasteiger partial charge in [-0.1, -0.05) is 12.1 Å². The van der Waals surface area contributed by atoms with E-state index < -0.39 is 0 Å². The van der Waals surface area contributed by atoms with Gasteiger partial charge >= 0.3 is 0 Å². The summed E-state index contributed by atoms with van der Waals surface area (Å²) in [5.41, 5.74) is 1.61. The Labute approximate surface area is 88.2 Å². The summed E-state index contributed by atoms with van der Waals surface area (Å²) in [6.45, 7) is 2.25. The second-order valence-corrected chi connectivity index (χ2v) is 6.62. The minimum atomic E-state index is 0.399. The molecule has 1 aromatic rings. The van der Waals surface area contributed by atoms with Crippen LogP contribution in [0.25, 0.3) is 0 Å². The maximum absolute atomic E-state index is 4.29. The minimum absolute atomic E-state index is 0.399. The Balaban J connectivity index is 2.10. The lowest BCUT2D eigenvalue weighted by molar-refractivity contribution is 0.635. The lowest BCUT2D eigenvalue weighted by Gasteiger charge is -2.05. The molecule has 1 saturated carbocycles. The summed E-state index contributed by atoms with van der Waals surface area (Å²) in [5, 5.41) is 8.48. The molecule has 0 aromatic carbocycles. The zero-order chi connectivity index (χ0) is 10.2. The van der Waals surface area contributed by atoms with Gasteiger partial charge in [-0.2, -0.15) is 0 Å². The van der Waals surface area contributed by atoms with Gasteiger partial charge in [0.05, 0.1) is 24.4 Å². The van der Waals surface area contributed by atoms with E-state index in [4.69, 9.17) is 0 Å². The predicted octanol–water partition coefficient (Wildman–Crippen LogP) is 1.56. The van der Waals surface area contributed by atoms with E-state index in [-0.39, 0.29) is 0 Å². The number of hydrogen-bond acceptors (Lipinski definition) is 2. The quantitative estimate of drug-likeness (QED) is 0.709. The third-order valence-corrected chi connectivity index (χ3v) is 3.78. The highest BCUT2D eigenvalue weighted by Crippen LogP contribution is 2.49. The Morgan fingerprint density at radius 3 is 2.71 bits per heavy atom. The largest absolute Gasteiger partial charge is 0.206 e. The molecule has 1 heterocycles. The van der Waals surface area contributed by atoms with E-state index in [1.54, 1.807) is 0 Å². The zero-order valence-corrected chi connectivity index (χ0v) is 9.97. The predicted molar refractivity (Wildman–Crippen MR) is 60.4 cm³/mol. The third-order valence-electron chi connectivity index (χ3n) is 3.00. The van der Waals surface area contributed by atoms with Crippen LogP contribution in [0.4, 0.5) is 0 Å². The second kappa shape index (κ2) is 3.57. The van der Waals surface area contributed by atoms with E-state index in [1.165, 1.54) is 25.0 Å². The molecular formula is C10H18N3S+. The molecule has 0 atom stereocenters. The molecule has 4 heteroatoms. The lowest BCUT2D eigenvalue weighted by Crippen LogP contribution is -2.08. The molecule has 78 valence electrons. The number of aromatic nitrogens is 3. The first kappa shape index (κ1) is 10.0. The van der Waals surface area contributed by atoms with Gasteiger partial charge in [-0.3, -0.25) is 0 Å². The van der Waals surface area contributed by atoms with Gasteiger partial charge in [0, 0.05) is 16.3 Å². The Morgan fingerprint density at radius 1 is 1.50 bits per heavy atom. The molecule has 1 aliphatic carbocycles. The fraction of sp³-hybridized carbons (Fsp3) is 0.800. The molecule has 0 unspecified atom stereocenters. The van der Waals surface area contributed by atoms with Crippen molar-refractivity contribution in [1.29, 1.82) is 0 Å². The molecular weight excluding hydrogens is 194 g/mol. The van der Waals surface area contributed by atoms with E-state index in [1.807, 2.05) is 4.68 Å². The normalized spacial score (nSPS) is 18.9. The number of hydrogen-bond donors (Lipinski definition) is 0. The maximum atomic E-state index is 4.29. The average Bonchev–Trinajstić information content (AvgIpc) is 2.81. The molecule has 14 heavy (non-hydrogen) atoms. The summed E-state index contributed by atoms with van der Waals surface area (Å²) in [5.74, 6) is 1.01. The third kappa shape index (κ3) is 1.80. The molecule has 2 rings (SSSR count). The van der Waals surface area contributed by atoms with E-state index in [0.717, 1.165) is 5.88 Å². The van der Waals surface area contributed by atoms with Crippen LogP contribution in [0.3, 0.4) is 0 Å². The van der Waals surface area contributed by atoms with Crippen LogP contribution in [-0.2, 0) is 22.2 Å². The topological polar surface area (TPSA) is 30.7 Å². The van der Waals surface area contributed by atoms with Gasteiger partial charge in [-0.05, 0) is 19.3 Å². The molecule has 0 N–H and O–H groups in total. The van der Waals surface area contributed by atoms with Crippen molar-refractivity contribution in [3.63, 3.8) is 0 Å². The van der Waals surface area contributed by atoms with Crippen LogP contribution in [0, 0.1) is 0 Å². The summed E-state index contributed by atoms with van der Waals surface area (Å²) in [6, 6.07) is 0. The summed E-state index contributed by atoms with van der Waals surface area (Å²) < 4.78 is 1.99. The van der Waals surface area contributed by atoms with Crippen molar-refractivity contribution in [2.75, 3.05) is 12.5 Å². The molecule has 0 radical (unpaired) electrons. The van der Waals surface area contributed by atoms with E-state index in [0.29, 0.717) is 16.3 Å². The number of rotatable bonds is 4. The van der Waals surface area contributed by atoms with Gasteiger partial charge in [0.1, 0.15) is 0 Å². The van der Waals surface area contributed by atoms with E-state index in [2.05, 4.69) is 35.9 Å². The average molecular weight is 212 g/mol. The van der Waals surface area contributed by atoms with Gasteiger partial charge in [-0.15, -0.1) is 5.10 Å². The highest BCUT2D eigenvalue weighted by atomic mass is 32.2. The fourth-order valence-electron chi connectivity index (χ4n) is 1.81. The minimum Gasteiger partial charge on any atom is -0.206 e. The van der Waals surface area contributed by atoms with Crippen LogP contribution < -0.4 is 0 Å². The van der Waals surface area contributed by atoms with Crippen molar-refractivity contribution in [2.45, 2.75) is 37.5 Å². The summed E-state index contributed by atoms with van der Waals surface area (Å²) in [4.78, 5) is 0. The molecule has 0 saturated heterocycles. The molecule has 0 amide bonds. The van der Waals surface area contributed by atoms with Gasteiger partial charge < -0.3 is 0 Å². The van der Waals surface area contributed by atoms with Gasteiger partial charge in [0.15, 0.2) is 0 Å². The van der Waals surface area contributed by atoms with Crippen molar-refractivity contribution >= 4 is 10.9 Å². The molecule has 1 fully saturated rings. The van der Waals surface area contributed by atoms with Crippen LogP contribution in [0.2, 0.25) is 0 Å². The zero-order valence-electron chi connectivity index (χ0n) is 9.16. The van der Waals surface area contributed by atoms with E-state index in [9.17, 15) is 0 Å². The van der Waals surface area contributed by atoms with Crippen LogP contribution >= 0.6 is 0 Å². The Bertz CT molecular complexity index is 315. The SMILES string of the molecule is CCC1(c2cn(C[S+](C)C)nn2)CC1. The fourth-order valence-corrected chi connectivity index (χ4v) is 2.47. The van der Waals surface area contributed by atoms with E-state index >= 15 is 0 Å². The first-order valence-electron chi connectivity index (χ1n) is 5.11. The van der Waals surface area contributed by atoms with Crippen LogP contribution in [0.15, 0.2) is 6.20 Å². The molecule has 0 spiro atoms.